The maximum absolute atomic E-state index is 12.4. The first-order valence-electron chi connectivity index (χ1n) is 5.55. The zero-order valence-electron chi connectivity index (χ0n) is 10.1. The van der Waals surface area contributed by atoms with Gasteiger partial charge in [-0.2, -0.15) is 0 Å². The molecule has 0 fully saturated rings. The summed E-state index contributed by atoms with van der Waals surface area (Å²) in [5, 5.41) is 11.0. The van der Waals surface area contributed by atoms with Crippen LogP contribution in [0.5, 0.6) is 0 Å². The zero-order chi connectivity index (χ0) is 14.0. The van der Waals surface area contributed by atoms with Crippen molar-refractivity contribution in [3.8, 4) is 0 Å². The number of ketones is 1. The second kappa shape index (κ2) is 5.32. The molecule has 0 atom stereocenters. The second-order valence-corrected chi connectivity index (χ2v) is 4.98. The molecule has 0 N–H and O–H groups in total. The summed E-state index contributed by atoms with van der Waals surface area (Å²) in [6.07, 6.45) is 0. The quantitative estimate of drug-likeness (QED) is 0.489. The molecule has 19 heavy (non-hydrogen) atoms. The minimum atomic E-state index is -0.544. The highest BCUT2D eigenvalue weighted by molar-refractivity contribution is 9.10. The van der Waals surface area contributed by atoms with Crippen LogP contribution in [0.1, 0.15) is 21.5 Å². The van der Waals surface area contributed by atoms with Gasteiger partial charge < -0.3 is 0 Å². The van der Waals surface area contributed by atoms with Crippen molar-refractivity contribution in [1.82, 2.24) is 0 Å². The van der Waals surface area contributed by atoms with Gasteiger partial charge in [0.25, 0.3) is 5.69 Å². The van der Waals surface area contributed by atoms with Gasteiger partial charge in [-0.05, 0) is 24.6 Å². The van der Waals surface area contributed by atoms with E-state index in [9.17, 15) is 14.9 Å². The molecule has 0 amide bonds. The number of aryl methyl sites for hydroxylation is 1. The summed E-state index contributed by atoms with van der Waals surface area (Å²) in [4.78, 5) is 22.9. The van der Waals surface area contributed by atoms with E-state index in [-0.39, 0.29) is 17.0 Å². The van der Waals surface area contributed by atoms with Gasteiger partial charge in [0, 0.05) is 16.1 Å². The van der Waals surface area contributed by atoms with Crippen molar-refractivity contribution in [3.63, 3.8) is 0 Å². The highest BCUT2D eigenvalue weighted by Crippen LogP contribution is 2.26. The highest BCUT2D eigenvalue weighted by atomic mass is 79.9. The summed E-state index contributed by atoms with van der Waals surface area (Å²) < 4.78 is 0.634. The molecule has 0 unspecified atom stereocenters. The number of hydrogen-bond acceptors (Lipinski definition) is 3. The molecule has 0 bridgehead atoms. The number of nitro groups is 1. The van der Waals surface area contributed by atoms with E-state index in [2.05, 4.69) is 15.9 Å². The summed E-state index contributed by atoms with van der Waals surface area (Å²) in [5.41, 5.74) is 1.18. The third kappa shape index (κ3) is 2.71. The molecule has 0 aliphatic heterocycles. The SMILES string of the molecule is Cc1ccccc1C(=O)c1cc(Br)ccc1[N+](=O)[O-]. The minimum absolute atomic E-state index is 0.0914. The van der Waals surface area contributed by atoms with Gasteiger partial charge in [-0.15, -0.1) is 0 Å². The molecule has 0 radical (unpaired) electrons. The van der Waals surface area contributed by atoms with Crippen molar-refractivity contribution >= 4 is 27.4 Å². The average Bonchev–Trinajstić information content (AvgIpc) is 2.38. The number of halogens is 1. The molecule has 2 aromatic carbocycles. The standard InChI is InChI=1S/C14H10BrNO3/c1-9-4-2-3-5-11(9)14(17)12-8-10(15)6-7-13(12)16(18)19/h2-8H,1H3. The van der Waals surface area contributed by atoms with E-state index >= 15 is 0 Å². The molecule has 5 heteroatoms. The largest absolute Gasteiger partial charge is 0.288 e. The van der Waals surface area contributed by atoms with Crippen LogP contribution in [0.4, 0.5) is 5.69 Å². The molecule has 0 aromatic heterocycles. The van der Waals surface area contributed by atoms with Crippen LogP contribution in [0.25, 0.3) is 0 Å². The average molecular weight is 320 g/mol. The summed E-state index contributed by atoms with van der Waals surface area (Å²) in [6.45, 7) is 1.80. The van der Waals surface area contributed by atoms with Gasteiger partial charge in [-0.3, -0.25) is 14.9 Å². The summed E-state index contributed by atoms with van der Waals surface area (Å²) in [6, 6.07) is 11.4. The Morgan fingerprint density at radius 2 is 1.84 bits per heavy atom. The lowest BCUT2D eigenvalue weighted by molar-refractivity contribution is -0.385. The number of nitrogens with zero attached hydrogens (tertiary/aromatic N) is 1. The monoisotopic (exact) mass is 319 g/mol. The highest BCUT2D eigenvalue weighted by Gasteiger charge is 2.22. The van der Waals surface area contributed by atoms with Crippen LogP contribution in [0.2, 0.25) is 0 Å². The van der Waals surface area contributed by atoms with Crippen LogP contribution in [0, 0.1) is 17.0 Å². The van der Waals surface area contributed by atoms with Crippen molar-refractivity contribution in [3.05, 3.63) is 73.7 Å². The van der Waals surface area contributed by atoms with Crippen LogP contribution >= 0.6 is 15.9 Å². The van der Waals surface area contributed by atoms with Crippen LogP contribution in [0.3, 0.4) is 0 Å². The zero-order valence-corrected chi connectivity index (χ0v) is 11.7. The van der Waals surface area contributed by atoms with Gasteiger partial charge >= 0.3 is 0 Å². The first kappa shape index (κ1) is 13.4. The van der Waals surface area contributed by atoms with Gasteiger partial charge in [-0.25, -0.2) is 0 Å². The third-order valence-electron chi connectivity index (χ3n) is 2.79. The van der Waals surface area contributed by atoms with E-state index < -0.39 is 4.92 Å². The normalized spacial score (nSPS) is 10.2. The molecule has 2 aromatic rings. The molecule has 0 aliphatic carbocycles. The van der Waals surface area contributed by atoms with E-state index in [1.54, 1.807) is 31.2 Å². The van der Waals surface area contributed by atoms with Crippen LogP contribution in [0.15, 0.2) is 46.9 Å². The Balaban J connectivity index is 2.59. The Morgan fingerprint density at radius 3 is 2.47 bits per heavy atom. The summed E-state index contributed by atoms with van der Waals surface area (Å²) >= 11 is 3.23. The van der Waals surface area contributed by atoms with Gasteiger partial charge in [0.05, 0.1) is 4.92 Å². The van der Waals surface area contributed by atoms with E-state index in [0.29, 0.717) is 10.0 Å². The molecule has 0 saturated heterocycles. The molecular weight excluding hydrogens is 310 g/mol. The Hall–Kier alpha value is -2.01. The predicted octanol–water partition coefficient (Wildman–Crippen LogP) is 3.90. The fraction of sp³-hybridized carbons (Fsp3) is 0.0714. The number of hydrogen-bond donors (Lipinski definition) is 0. The number of benzene rings is 2. The molecule has 4 nitrogen and oxygen atoms in total. The molecule has 0 aliphatic rings. The number of carbonyl (C=O) groups excluding carboxylic acids is 1. The minimum Gasteiger partial charge on any atom is -0.288 e. The summed E-state index contributed by atoms with van der Waals surface area (Å²) in [7, 11) is 0. The Labute approximate surface area is 118 Å². The van der Waals surface area contributed by atoms with E-state index in [1.165, 1.54) is 12.1 Å². The Morgan fingerprint density at radius 1 is 1.16 bits per heavy atom. The van der Waals surface area contributed by atoms with Gasteiger partial charge in [-0.1, -0.05) is 40.2 Å². The van der Waals surface area contributed by atoms with E-state index in [1.807, 2.05) is 6.07 Å². The maximum Gasteiger partial charge on any atom is 0.280 e. The molecule has 0 saturated carbocycles. The van der Waals surface area contributed by atoms with E-state index in [4.69, 9.17) is 0 Å². The number of carbonyl (C=O) groups is 1. The fourth-order valence-corrected chi connectivity index (χ4v) is 2.18. The van der Waals surface area contributed by atoms with Crippen molar-refractivity contribution in [1.29, 1.82) is 0 Å². The maximum atomic E-state index is 12.4. The van der Waals surface area contributed by atoms with Crippen molar-refractivity contribution < 1.29 is 9.72 Å². The first-order valence-corrected chi connectivity index (χ1v) is 6.34. The van der Waals surface area contributed by atoms with E-state index in [0.717, 1.165) is 5.56 Å². The fourth-order valence-electron chi connectivity index (χ4n) is 1.82. The molecule has 2 rings (SSSR count). The molecular formula is C14H10BrNO3. The lowest BCUT2D eigenvalue weighted by Gasteiger charge is -2.06. The second-order valence-electron chi connectivity index (χ2n) is 4.06. The topological polar surface area (TPSA) is 60.2 Å². The summed E-state index contributed by atoms with van der Waals surface area (Å²) in [5.74, 6) is -0.342. The van der Waals surface area contributed by atoms with Crippen molar-refractivity contribution in [2.45, 2.75) is 6.92 Å². The first-order chi connectivity index (χ1) is 9.00. The van der Waals surface area contributed by atoms with Crippen LogP contribution in [-0.4, -0.2) is 10.7 Å². The van der Waals surface area contributed by atoms with Gasteiger partial charge in [0.15, 0.2) is 5.78 Å². The smallest absolute Gasteiger partial charge is 0.280 e. The Bertz CT molecular complexity index is 667. The Kier molecular flexibility index (Phi) is 3.76. The number of rotatable bonds is 3. The third-order valence-corrected chi connectivity index (χ3v) is 3.28. The lowest BCUT2D eigenvalue weighted by Crippen LogP contribution is -2.07. The van der Waals surface area contributed by atoms with Crippen molar-refractivity contribution in [2.75, 3.05) is 0 Å². The lowest BCUT2D eigenvalue weighted by atomic mass is 9.98. The van der Waals surface area contributed by atoms with Crippen LogP contribution < -0.4 is 0 Å². The van der Waals surface area contributed by atoms with Crippen molar-refractivity contribution in [2.24, 2.45) is 0 Å². The van der Waals surface area contributed by atoms with Gasteiger partial charge in [0.2, 0.25) is 0 Å². The number of nitro benzene ring substituents is 1. The predicted molar refractivity (Wildman–Crippen MR) is 75.4 cm³/mol. The van der Waals surface area contributed by atoms with Gasteiger partial charge in [0.1, 0.15) is 5.56 Å². The molecule has 96 valence electrons. The van der Waals surface area contributed by atoms with Crippen LogP contribution in [-0.2, 0) is 0 Å². The molecule has 0 heterocycles. The molecule has 0 spiro atoms.